The van der Waals surface area contributed by atoms with E-state index in [0.29, 0.717) is 5.76 Å². The van der Waals surface area contributed by atoms with E-state index in [1.807, 2.05) is 0 Å². The van der Waals surface area contributed by atoms with Gasteiger partial charge in [-0.2, -0.15) is 0 Å². The number of benzene rings is 1. The first-order valence-corrected chi connectivity index (χ1v) is 9.10. The topological polar surface area (TPSA) is 55.1 Å². The fourth-order valence-electron chi connectivity index (χ4n) is 3.51. The van der Waals surface area contributed by atoms with Crippen molar-refractivity contribution in [2.24, 2.45) is 5.92 Å². The van der Waals surface area contributed by atoms with Crippen molar-refractivity contribution in [2.45, 2.75) is 52.0 Å². The average molecular weight is 365 g/mol. The lowest BCUT2D eigenvalue weighted by molar-refractivity contribution is 0.0920. The number of aryl methyl sites for hydroxylation is 1. The first-order chi connectivity index (χ1) is 12.0. The Hall–Kier alpha value is -1.88. The molecule has 0 unspecified atom stereocenters. The Morgan fingerprint density at radius 1 is 1.36 bits per heavy atom. The minimum absolute atomic E-state index is 0.0980. The predicted molar refractivity (Wildman–Crippen MR) is 95.1 cm³/mol. The molecule has 0 saturated heterocycles. The van der Waals surface area contributed by atoms with Crippen LogP contribution < -0.4 is 5.32 Å². The molecule has 25 heavy (non-hydrogen) atoms. The van der Waals surface area contributed by atoms with Crippen molar-refractivity contribution in [3.63, 3.8) is 0 Å². The molecule has 1 amide bonds. The van der Waals surface area contributed by atoms with Crippen molar-refractivity contribution in [1.29, 1.82) is 0 Å². The zero-order chi connectivity index (χ0) is 18.0. The zero-order valence-corrected chi connectivity index (χ0v) is 15.2. The monoisotopic (exact) mass is 364 g/mol. The summed E-state index contributed by atoms with van der Waals surface area (Å²) in [7, 11) is 0. The molecular weight excluding hydrogens is 343 g/mol. The fourth-order valence-corrected chi connectivity index (χ4v) is 3.76. The standard InChI is InChI=1S/C19H22ClFN2O2/c1-3-12-7-9-13(10-8-12)22-19(24)16-11(2)25-23-18(16)17-14(20)5-4-6-15(17)21/h4-6,12-13H,3,7-10H2,1-2H3,(H,22,24). The number of rotatable bonds is 4. The number of halogens is 2. The number of hydrogen-bond donors (Lipinski definition) is 1. The summed E-state index contributed by atoms with van der Waals surface area (Å²) in [5.41, 5.74) is 0.505. The molecule has 3 rings (SSSR count). The second-order valence-electron chi connectivity index (χ2n) is 6.66. The molecule has 0 radical (unpaired) electrons. The van der Waals surface area contributed by atoms with E-state index in [2.05, 4.69) is 17.4 Å². The Balaban J connectivity index is 1.83. The lowest BCUT2D eigenvalue weighted by atomic mass is 9.84. The summed E-state index contributed by atoms with van der Waals surface area (Å²) in [5.74, 6) is 0.290. The van der Waals surface area contributed by atoms with E-state index < -0.39 is 5.82 Å². The molecule has 1 N–H and O–H groups in total. The molecule has 1 aliphatic rings. The first-order valence-electron chi connectivity index (χ1n) is 8.72. The third-order valence-corrected chi connectivity index (χ3v) is 5.36. The average Bonchev–Trinajstić information content (AvgIpc) is 2.97. The van der Waals surface area contributed by atoms with Crippen LogP contribution in [-0.2, 0) is 0 Å². The number of carbonyl (C=O) groups is 1. The molecular formula is C19H22ClFN2O2. The van der Waals surface area contributed by atoms with Crippen LogP contribution in [0.4, 0.5) is 4.39 Å². The Morgan fingerprint density at radius 2 is 2.08 bits per heavy atom. The maximum atomic E-state index is 14.2. The number of amides is 1. The van der Waals surface area contributed by atoms with Crippen molar-refractivity contribution >= 4 is 17.5 Å². The smallest absolute Gasteiger partial charge is 0.257 e. The van der Waals surface area contributed by atoms with Gasteiger partial charge in [0.05, 0.1) is 10.6 Å². The molecule has 6 heteroatoms. The largest absolute Gasteiger partial charge is 0.360 e. The Labute approximate surface area is 151 Å². The molecule has 1 aromatic carbocycles. The third kappa shape index (κ3) is 3.71. The molecule has 0 atom stereocenters. The van der Waals surface area contributed by atoms with Gasteiger partial charge in [0.1, 0.15) is 22.8 Å². The molecule has 134 valence electrons. The zero-order valence-electron chi connectivity index (χ0n) is 14.4. The summed E-state index contributed by atoms with van der Waals surface area (Å²) in [4.78, 5) is 12.8. The van der Waals surface area contributed by atoms with Crippen LogP contribution in [0.15, 0.2) is 22.7 Å². The SMILES string of the molecule is CCC1CCC(NC(=O)c2c(-c3c(F)cccc3Cl)noc2C)CC1. The predicted octanol–water partition coefficient (Wildman–Crippen LogP) is 5.14. The van der Waals surface area contributed by atoms with Crippen LogP contribution >= 0.6 is 11.6 Å². The maximum Gasteiger partial charge on any atom is 0.257 e. The molecule has 1 fully saturated rings. The highest BCUT2D eigenvalue weighted by Gasteiger charge is 2.28. The minimum atomic E-state index is -0.529. The van der Waals surface area contributed by atoms with Crippen molar-refractivity contribution < 1.29 is 13.7 Å². The van der Waals surface area contributed by atoms with Gasteiger partial charge in [0, 0.05) is 6.04 Å². The van der Waals surface area contributed by atoms with Crippen molar-refractivity contribution in [2.75, 3.05) is 0 Å². The molecule has 1 aromatic heterocycles. The van der Waals surface area contributed by atoms with E-state index >= 15 is 0 Å². The highest BCUT2D eigenvalue weighted by atomic mass is 35.5. The highest BCUT2D eigenvalue weighted by Crippen LogP contribution is 2.34. The normalized spacial score (nSPS) is 20.5. The van der Waals surface area contributed by atoms with Gasteiger partial charge in [-0.05, 0) is 50.7 Å². The van der Waals surface area contributed by atoms with E-state index in [1.54, 1.807) is 13.0 Å². The Kier molecular flexibility index (Phi) is 5.42. The molecule has 4 nitrogen and oxygen atoms in total. The number of hydrogen-bond acceptors (Lipinski definition) is 3. The van der Waals surface area contributed by atoms with E-state index in [-0.39, 0.29) is 33.8 Å². The molecule has 1 heterocycles. The van der Waals surface area contributed by atoms with E-state index in [1.165, 1.54) is 18.6 Å². The van der Waals surface area contributed by atoms with Crippen molar-refractivity contribution in [3.8, 4) is 11.3 Å². The van der Waals surface area contributed by atoms with Gasteiger partial charge >= 0.3 is 0 Å². The molecule has 0 aliphatic heterocycles. The molecule has 1 saturated carbocycles. The van der Waals surface area contributed by atoms with Crippen LogP contribution in [0.2, 0.25) is 5.02 Å². The van der Waals surface area contributed by atoms with Gasteiger partial charge in [-0.1, -0.05) is 36.2 Å². The Bertz CT molecular complexity index is 747. The third-order valence-electron chi connectivity index (χ3n) is 5.05. The molecule has 1 aliphatic carbocycles. The van der Waals surface area contributed by atoms with Crippen LogP contribution in [0.1, 0.15) is 55.1 Å². The summed E-state index contributed by atoms with van der Waals surface area (Å²) in [6.07, 6.45) is 5.35. The van der Waals surface area contributed by atoms with Gasteiger partial charge in [-0.3, -0.25) is 4.79 Å². The molecule has 0 spiro atoms. The number of nitrogens with zero attached hydrogens (tertiary/aromatic N) is 1. The maximum absolute atomic E-state index is 14.2. The van der Waals surface area contributed by atoms with E-state index in [4.69, 9.17) is 16.1 Å². The first kappa shape index (κ1) is 17.9. The van der Waals surface area contributed by atoms with Crippen LogP contribution in [0, 0.1) is 18.7 Å². The van der Waals surface area contributed by atoms with Gasteiger partial charge in [0.2, 0.25) is 0 Å². The van der Waals surface area contributed by atoms with Crippen LogP contribution in [-0.4, -0.2) is 17.1 Å². The van der Waals surface area contributed by atoms with Gasteiger partial charge in [-0.15, -0.1) is 0 Å². The van der Waals surface area contributed by atoms with Crippen molar-refractivity contribution in [1.82, 2.24) is 10.5 Å². The minimum Gasteiger partial charge on any atom is -0.360 e. The van der Waals surface area contributed by atoms with E-state index in [9.17, 15) is 9.18 Å². The van der Waals surface area contributed by atoms with Gasteiger partial charge in [0.15, 0.2) is 0 Å². The van der Waals surface area contributed by atoms with E-state index in [0.717, 1.165) is 31.6 Å². The van der Waals surface area contributed by atoms with Gasteiger partial charge in [0.25, 0.3) is 5.91 Å². The number of nitrogens with one attached hydrogen (secondary N) is 1. The summed E-state index contributed by atoms with van der Waals surface area (Å²) in [6.45, 7) is 3.85. The summed E-state index contributed by atoms with van der Waals surface area (Å²) >= 11 is 6.12. The molecule has 0 bridgehead atoms. The second-order valence-corrected chi connectivity index (χ2v) is 7.07. The van der Waals surface area contributed by atoms with Crippen LogP contribution in [0.5, 0.6) is 0 Å². The fraction of sp³-hybridized carbons (Fsp3) is 0.474. The number of carbonyl (C=O) groups excluding carboxylic acids is 1. The summed E-state index contributed by atoms with van der Waals surface area (Å²) < 4.78 is 19.4. The second kappa shape index (κ2) is 7.56. The highest BCUT2D eigenvalue weighted by molar-refractivity contribution is 6.33. The quantitative estimate of drug-likeness (QED) is 0.817. The van der Waals surface area contributed by atoms with Crippen molar-refractivity contribution in [3.05, 3.63) is 40.4 Å². The summed E-state index contributed by atoms with van der Waals surface area (Å²) in [5, 5.41) is 7.14. The Morgan fingerprint density at radius 3 is 2.72 bits per heavy atom. The number of aromatic nitrogens is 1. The van der Waals surface area contributed by atoms with Gasteiger partial charge in [-0.25, -0.2) is 4.39 Å². The van der Waals surface area contributed by atoms with Crippen LogP contribution in [0.25, 0.3) is 11.3 Å². The van der Waals surface area contributed by atoms with Gasteiger partial charge < -0.3 is 9.84 Å². The lowest BCUT2D eigenvalue weighted by Crippen LogP contribution is -2.37. The summed E-state index contributed by atoms with van der Waals surface area (Å²) in [6, 6.07) is 4.50. The van der Waals surface area contributed by atoms with Crippen LogP contribution in [0.3, 0.4) is 0 Å². The lowest BCUT2D eigenvalue weighted by Gasteiger charge is -2.28. The molecule has 2 aromatic rings.